The van der Waals surface area contributed by atoms with Crippen molar-refractivity contribution in [2.24, 2.45) is 0 Å². The zero-order chi connectivity index (χ0) is 6.10. The predicted octanol–water partition coefficient (Wildman–Crippen LogP) is 1.66. The third-order valence-electron chi connectivity index (χ3n) is 1.79. The molecule has 0 N–H and O–H groups in total. The summed E-state index contributed by atoms with van der Waals surface area (Å²) in [6, 6.07) is 0. The molecular formula is C8H10O. The fourth-order valence-corrected chi connectivity index (χ4v) is 1.31. The molecule has 0 aliphatic carbocycles. The van der Waals surface area contributed by atoms with Crippen molar-refractivity contribution in [3.05, 3.63) is 24.3 Å². The van der Waals surface area contributed by atoms with E-state index < -0.39 is 0 Å². The lowest BCUT2D eigenvalue weighted by Crippen LogP contribution is -2.24. The van der Waals surface area contributed by atoms with E-state index in [0.717, 1.165) is 12.8 Å². The summed E-state index contributed by atoms with van der Waals surface area (Å²) >= 11 is 0. The summed E-state index contributed by atoms with van der Waals surface area (Å²) in [6.07, 6.45) is 11.6. The first kappa shape index (κ1) is 5.24. The van der Waals surface area contributed by atoms with Gasteiger partial charge in [-0.1, -0.05) is 24.3 Å². The van der Waals surface area contributed by atoms with Crippen LogP contribution >= 0.6 is 0 Å². The number of rotatable bonds is 0. The van der Waals surface area contributed by atoms with Crippen molar-refractivity contribution in [2.75, 3.05) is 0 Å². The van der Waals surface area contributed by atoms with E-state index in [-0.39, 0.29) is 0 Å². The van der Waals surface area contributed by atoms with Crippen LogP contribution < -0.4 is 0 Å². The number of hydrogen-bond donors (Lipinski definition) is 0. The Labute approximate surface area is 55.0 Å². The maximum Gasteiger partial charge on any atom is 0.0798 e. The second kappa shape index (κ2) is 1.99. The van der Waals surface area contributed by atoms with Crippen LogP contribution in [0.2, 0.25) is 0 Å². The molecule has 0 saturated carbocycles. The quantitative estimate of drug-likeness (QED) is 0.444. The van der Waals surface area contributed by atoms with Crippen molar-refractivity contribution < 1.29 is 4.74 Å². The van der Waals surface area contributed by atoms with Gasteiger partial charge in [-0.3, -0.25) is 0 Å². The molecule has 0 radical (unpaired) electrons. The highest BCUT2D eigenvalue weighted by molar-refractivity contribution is 5.08. The van der Waals surface area contributed by atoms with E-state index in [0.29, 0.717) is 12.2 Å². The van der Waals surface area contributed by atoms with Crippen molar-refractivity contribution >= 4 is 0 Å². The molecule has 0 aromatic carbocycles. The van der Waals surface area contributed by atoms with E-state index in [9.17, 15) is 0 Å². The first-order chi connectivity index (χ1) is 4.45. The van der Waals surface area contributed by atoms with Gasteiger partial charge in [0.15, 0.2) is 0 Å². The highest BCUT2D eigenvalue weighted by Crippen LogP contribution is 2.20. The van der Waals surface area contributed by atoms with Crippen LogP contribution in [0.1, 0.15) is 12.8 Å². The Kier molecular flexibility index (Phi) is 1.16. The van der Waals surface area contributed by atoms with Gasteiger partial charge in [0.2, 0.25) is 0 Å². The normalized spacial score (nSPS) is 39.1. The molecule has 0 amide bonds. The lowest BCUT2D eigenvalue weighted by Gasteiger charge is -2.26. The molecule has 0 spiro atoms. The minimum absolute atomic E-state index is 0.383. The molecule has 48 valence electrons. The second-order valence-corrected chi connectivity index (χ2v) is 2.54. The van der Waals surface area contributed by atoms with Gasteiger partial charge in [0.1, 0.15) is 0 Å². The van der Waals surface area contributed by atoms with Crippen LogP contribution in [0.25, 0.3) is 0 Å². The average Bonchev–Trinajstić information content (AvgIpc) is 1.88. The fourth-order valence-electron chi connectivity index (χ4n) is 1.31. The Hall–Kier alpha value is -0.560. The molecule has 0 aromatic rings. The SMILES string of the molecule is C1=CC2CC=CC(C1)O2. The molecule has 2 atom stereocenters. The summed E-state index contributed by atoms with van der Waals surface area (Å²) in [6.45, 7) is 0. The number of fused-ring (bicyclic) bond motifs is 2. The summed E-state index contributed by atoms with van der Waals surface area (Å²) in [7, 11) is 0. The first-order valence-electron chi connectivity index (χ1n) is 3.44. The third kappa shape index (κ3) is 0.924. The van der Waals surface area contributed by atoms with E-state index in [2.05, 4.69) is 24.3 Å². The fraction of sp³-hybridized carbons (Fsp3) is 0.500. The van der Waals surface area contributed by atoms with E-state index in [1.807, 2.05) is 0 Å². The monoisotopic (exact) mass is 122 g/mol. The van der Waals surface area contributed by atoms with Gasteiger partial charge in [0, 0.05) is 0 Å². The Morgan fingerprint density at radius 1 is 1.00 bits per heavy atom. The van der Waals surface area contributed by atoms with Gasteiger partial charge in [0.25, 0.3) is 0 Å². The van der Waals surface area contributed by atoms with Crippen molar-refractivity contribution in [1.29, 1.82) is 0 Å². The molecule has 0 saturated heterocycles. The molecular weight excluding hydrogens is 112 g/mol. The van der Waals surface area contributed by atoms with E-state index in [1.54, 1.807) is 0 Å². The van der Waals surface area contributed by atoms with Crippen LogP contribution in [0.15, 0.2) is 24.3 Å². The molecule has 1 heteroatoms. The lowest BCUT2D eigenvalue weighted by atomic mass is 10.0. The zero-order valence-electron chi connectivity index (χ0n) is 5.29. The molecule has 0 fully saturated rings. The van der Waals surface area contributed by atoms with E-state index in [1.165, 1.54) is 0 Å². The van der Waals surface area contributed by atoms with Gasteiger partial charge >= 0.3 is 0 Å². The summed E-state index contributed by atoms with van der Waals surface area (Å²) in [5.41, 5.74) is 0. The van der Waals surface area contributed by atoms with Gasteiger partial charge in [-0.15, -0.1) is 0 Å². The minimum atomic E-state index is 0.383. The van der Waals surface area contributed by atoms with Gasteiger partial charge in [0.05, 0.1) is 12.2 Å². The van der Waals surface area contributed by atoms with Gasteiger partial charge in [-0.25, -0.2) is 0 Å². The Bertz CT molecular complexity index is 140. The van der Waals surface area contributed by atoms with Gasteiger partial charge < -0.3 is 4.74 Å². The summed E-state index contributed by atoms with van der Waals surface area (Å²) < 4.78 is 5.55. The van der Waals surface area contributed by atoms with E-state index >= 15 is 0 Å². The van der Waals surface area contributed by atoms with Crippen LogP contribution in [0.5, 0.6) is 0 Å². The molecule has 0 aromatic heterocycles. The Balaban J connectivity index is 2.20. The lowest BCUT2D eigenvalue weighted by molar-refractivity contribution is 0.0273. The minimum Gasteiger partial charge on any atom is -0.366 e. The van der Waals surface area contributed by atoms with Crippen molar-refractivity contribution in [3.8, 4) is 0 Å². The van der Waals surface area contributed by atoms with Gasteiger partial charge in [-0.05, 0) is 12.8 Å². The summed E-state index contributed by atoms with van der Waals surface area (Å²) in [5.74, 6) is 0. The van der Waals surface area contributed by atoms with Crippen LogP contribution in [-0.4, -0.2) is 12.2 Å². The molecule has 2 heterocycles. The molecule has 2 unspecified atom stereocenters. The van der Waals surface area contributed by atoms with Crippen molar-refractivity contribution in [3.63, 3.8) is 0 Å². The van der Waals surface area contributed by atoms with E-state index in [4.69, 9.17) is 4.74 Å². The number of hydrogen-bond acceptors (Lipinski definition) is 1. The first-order valence-corrected chi connectivity index (χ1v) is 3.44. The summed E-state index contributed by atoms with van der Waals surface area (Å²) in [5, 5.41) is 0. The maximum absolute atomic E-state index is 5.55. The van der Waals surface area contributed by atoms with Crippen molar-refractivity contribution in [2.45, 2.75) is 25.0 Å². The van der Waals surface area contributed by atoms with Crippen LogP contribution in [0.3, 0.4) is 0 Å². The predicted molar refractivity (Wildman–Crippen MR) is 36.2 cm³/mol. The largest absolute Gasteiger partial charge is 0.366 e. The Morgan fingerprint density at radius 3 is 2.00 bits per heavy atom. The van der Waals surface area contributed by atoms with Crippen molar-refractivity contribution in [1.82, 2.24) is 0 Å². The maximum atomic E-state index is 5.55. The molecule has 1 nitrogen and oxygen atoms in total. The topological polar surface area (TPSA) is 9.23 Å². The molecule has 2 aliphatic rings. The van der Waals surface area contributed by atoms with Crippen LogP contribution in [0, 0.1) is 0 Å². The third-order valence-corrected chi connectivity index (χ3v) is 1.79. The highest BCUT2D eigenvalue weighted by atomic mass is 16.5. The van der Waals surface area contributed by atoms with Gasteiger partial charge in [-0.2, -0.15) is 0 Å². The zero-order valence-corrected chi connectivity index (χ0v) is 5.29. The van der Waals surface area contributed by atoms with Crippen LogP contribution in [-0.2, 0) is 4.74 Å². The second-order valence-electron chi connectivity index (χ2n) is 2.54. The molecule has 2 rings (SSSR count). The van der Waals surface area contributed by atoms with Crippen LogP contribution in [0.4, 0.5) is 0 Å². The molecule has 2 bridgehead atoms. The Morgan fingerprint density at radius 2 is 1.56 bits per heavy atom. The summed E-state index contributed by atoms with van der Waals surface area (Å²) in [4.78, 5) is 0. The molecule has 2 aliphatic heterocycles. The molecule has 9 heavy (non-hydrogen) atoms. The highest BCUT2D eigenvalue weighted by Gasteiger charge is 2.17. The number of ether oxygens (including phenoxy) is 1. The smallest absolute Gasteiger partial charge is 0.0798 e. The average molecular weight is 122 g/mol. The standard InChI is InChI=1S/C8H10O/c1-3-7-5-2-6-8(4-1)9-7/h1-3,6-8H,4-5H2.